The SMILES string of the molecule is CCOc1cc2c(cc1CNC(=O)CNC)OC(C)C2.Cl. The number of carbonyl (C=O) groups excluding carboxylic acids is 1. The molecule has 5 nitrogen and oxygen atoms in total. The van der Waals surface area contributed by atoms with E-state index >= 15 is 0 Å². The van der Waals surface area contributed by atoms with Crippen molar-refractivity contribution in [3.63, 3.8) is 0 Å². The van der Waals surface area contributed by atoms with Gasteiger partial charge in [-0.25, -0.2) is 0 Å². The zero-order valence-corrected chi connectivity index (χ0v) is 13.5. The molecule has 118 valence electrons. The normalized spacial score (nSPS) is 15.7. The van der Waals surface area contributed by atoms with Gasteiger partial charge in [-0.1, -0.05) is 0 Å². The predicted octanol–water partition coefficient (Wildman–Crippen LogP) is 1.67. The maximum atomic E-state index is 11.5. The Bertz CT molecular complexity index is 494. The Balaban J connectivity index is 0.00000220. The number of hydrogen-bond donors (Lipinski definition) is 2. The van der Waals surface area contributed by atoms with Crippen LogP contribution in [0.25, 0.3) is 0 Å². The van der Waals surface area contributed by atoms with Crippen LogP contribution in [-0.2, 0) is 17.8 Å². The zero-order valence-electron chi connectivity index (χ0n) is 12.7. The Labute approximate surface area is 131 Å². The van der Waals surface area contributed by atoms with Crippen LogP contribution < -0.4 is 20.1 Å². The van der Waals surface area contributed by atoms with E-state index in [4.69, 9.17) is 9.47 Å². The van der Waals surface area contributed by atoms with Crippen LogP contribution in [0.15, 0.2) is 12.1 Å². The number of amides is 1. The molecule has 0 saturated carbocycles. The van der Waals surface area contributed by atoms with Crippen LogP contribution >= 0.6 is 12.4 Å². The van der Waals surface area contributed by atoms with E-state index in [2.05, 4.69) is 17.6 Å². The van der Waals surface area contributed by atoms with E-state index in [-0.39, 0.29) is 24.4 Å². The minimum atomic E-state index is -0.0373. The predicted molar refractivity (Wildman–Crippen MR) is 84.4 cm³/mol. The first kappa shape index (κ1) is 17.6. The van der Waals surface area contributed by atoms with Crippen molar-refractivity contribution in [1.29, 1.82) is 0 Å². The highest BCUT2D eigenvalue weighted by Gasteiger charge is 2.21. The molecule has 1 aromatic carbocycles. The average molecular weight is 315 g/mol. The van der Waals surface area contributed by atoms with Gasteiger partial charge in [-0.3, -0.25) is 4.79 Å². The topological polar surface area (TPSA) is 59.6 Å². The highest BCUT2D eigenvalue weighted by atomic mass is 35.5. The quantitative estimate of drug-likeness (QED) is 0.838. The number of nitrogens with one attached hydrogen (secondary N) is 2. The van der Waals surface area contributed by atoms with E-state index in [0.717, 1.165) is 23.5 Å². The maximum absolute atomic E-state index is 11.5. The van der Waals surface area contributed by atoms with Gasteiger partial charge in [0.25, 0.3) is 0 Å². The second kappa shape index (κ2) is 8.10. The van der Waals surface area contributed by atoms with Gasteiger partial charge in [-0.15, -0.1) is 12.4 Å². The Kier molecular flexibility index (Phi) is 6.78. The molecule has 0 saturated heterocycles. The van der Waals surface area contributed by atoms with Crippen LogP contribution in [0.5, 0.6) is 11.5 Å². The van der Waals surface area contributed by atoms with E-state index in [1.807, 2.05) is 19.1 Å². The van der Waals surface area contributed by atoms with Crippen molar-refractivity contribution in [2.75, 3.05) is 20.2 Å². The Hall–Kier alpha value is -1.46. The van der Waals surface area contributed by atoms with Gasteiger partial charge in [0.2, 0.25) is 5.91 Å². The van der Waals surface area contributed by atoms with Crippen LogP contribution in [0.1, 0.15) is 25.0 Å². The van der Waals surface area contributed by atoms with Gasteiger partial charge < -0.3 is 20.1 Å². The molecule has 0 fully saturated rings. The zero-order chi connectivity index (χ0) is 14.5. The number of hydrogen-bond acceptors (Lipinski definition) is 4. The van der Waals surface area contributed by atoms with Crippen molar-refractivity contribution in [1.82, 2.24) is 10.6 Å². The lowest BCUT2D eigenvalue weighted by Gasteiger charge is -2.13. The summed E-state index contributed by atoms with van der Waals surface area (Å²) in [5, 5.41) is 5.69. The van der Waals surface area contributed by atoms with E-state index in [9.17, 15) is 4.79 Å². The van der Waals surface area contributed by atoms with E-state index < -0.39 is 0 Å². The van der Waals surface area contributed by atoms with Gasteiger partial charge in [-0.05, 0) is 33.0 Å². The average Bonchev–Trinajstić information content (AvgIpc) is 2.76. The second-order valence-electron chi connectivity index (χ2n) is 4.94. The fraction of sp³-hybridized carbons (Fsp3) is 0.533. The van der Waals surface area contributed by atoms with Crippen molar-refractivity contribution < 1.29 is 14.3 Å². The van der Waals surface area contributed by atoms with Crippen LogP contribution in [0, 0.1) is 0 Å². The van der Waals surface area contributed by atoms with Crippen molar-refractivity contribution in [2.45, 2.75) is 32.9 Å². The van der Waals surface area contributed by atoms with Crippen molar-refractivity contribution in [3.8, 4) is 11.5 Å². The van der Waals surface area contributed by atoms with Crippen molar-refractivity contribution in [3.05, 3.63) is 23.3 Å². The molecule has 0 aliphatic carbocycles. The maximum Gasteiger partial charge on any atom is 0.234 e. The molecule has 21 heavy (non-hydrogen) atoms. The summed E-state index contributed by atoms with van der Waals surface area (Å²) in [6.07, 6.45) is 1.11. The first-order valence-corrected chi connectivity index (χ1v) is 7.00. The highest BCUT2D eigenvalue weighted by molar-refractivity contribution is 5.85. The van der Waals surface area contributed by atoms with E-state index in [1.54, 1.807) is 7.05 Å². The van der Waals surface area contributed by atoms with Gasteiger partial charge in [0, 0.05) is 24.1 Å². The molecular weight excluding hydrogens is 292 g/mol. The summed E-state index contributed by atoms with van der Waals surface area (Å²) in [4.78, 5) is 11.5. The summed E-state index contributed by atoms with van der Waals surface area (Å²) in [6.45, 7) is 5.36. The lowest BCUT2D eigenvalue weighted by Crippen LogP contribution is -2.31. The molecule has 0 spiro atoms. The molecule has 0 bridgehead atoms. The first-order valence-electron chi connectivity index (χ1n) is 7.00. The molecule has 1 heterocycles. The molecule has 1 unspecified atom stereocenters. The summed E-state index contributed by atoms with van der Waals surface area (Å²) in [6, 6.07) is 4.01. The molecule has 1 atom stereocenters. The van der Waals surface area contributed by atoms with Gasteiger partial charge in [0.1, 0.15) is 17.6 Å². The lowest BCUT2D eigenvalue weighted by molar-refractivity contribution is -0.120. The molecule has 6 heteroatoms. The number of benzene rings is 1. The highest BCUT2D eigenvalue weighted by Crippen LogP contribution is 2.35. The summed E-state index contributed by atoms with van der Waals surface area (Å²) in [7, 11) is 1.75. The fourth-order valence-corrected chi connectivity index (χ4v) is 2.33. The molecule has 1 aliphatic rings. The number of fused-ring (bicyclic) bond motifs is 1. The summed E-state index contributed by atoms with van der Waals surface area (Å²) < 4.78 is 11.4. The smallest absolute Gasteiger partial charge is 0.234 e. The summed E-state index contributed by atoms with van der Waals surface area (Å²) >= 11 is 0. The van der Waals surface area contributed by atoms with Crippen molar-refractivity contribution >= 4 is 18.3 Å². The van der Waals surface area contributed by atoms with Crippen LogP contribution in [0.2, 0.25) is 0 Å². The Morgan fingerprint density at radius 2 is 2.24 bits per heavy atom. The third-order valence-corrected chi connectivity index (χ3v) is 3.19. The number of likely N-dealkylation sites (N-methyl/N-ethyl adjacent to an activating group) is 1. The van der Waals surface area contributed by atoms with Crippen LogP contribution in [0.4, 0.5) is 0 Å². The van der Waals surface area contributed by atoms with Gasteiger partial charge >= 0.3 is 0 Å². The van der Waals surface area contributed by atoms with E-state index in [0.29, 0.717) is 19.7 Å². The van der Waals surface area contributed by atoms with Gasteiger partial charge in [-0.2, -0.15) is 0 Å². The number of rotatable bonds is 6. The molecule has 2 N–H and O–H groups in total. The minimum absolute atomic E-state index is 0. The molecule has 1 amide bonds. The third kappa shape index (κ3) is 4.51. The molecule has 1 aromatic rings. The fourth-order valence-electron chi connectivity index (χ4n) is 2.33. The van der Waals surface area contributed by atoms with Gasteiger partial charge in [0.15, 0.2) is 0 Å². The second-order valence-corrected chi connectivity index (χ2v) is 4.94. The third-order valence-electron chi connectivity index (χ3n) is 3.19. The van der Waals surface area contributed by atoms with E-state index in [1.165, 1.54) is 5.56 Å². The lowest BCUT2D eigenvalue weighted by atomic mass is 10.1. The van der Waals surface area contributed by atoms with Crippen molar-refractivity contribution in [2.24, 2.45) is 0 Å². The number of halogens is 1. The Morgan fingerprint density at radius 1 is 1.48 bits per heavy atom. The number of ether oxygens (including phenoxy) is 2. The minimum Gasteiger partial charge on any atom is -0.494 e. The van der Waals surface area contributed by atoms with Crippen LogP contribution in [-0.4, -0.2) is 32.2 Å². The van der Waals surface area contributed by atoms with Gasteiger partial charge in [0.05, 0.1) is 13.2 Å². The molecule has 0 radical (unpaired) electrons. The summed E-state index contributed by atoms with van der Waals surface area (Å²) in [5.41, 5.74) is 2.12. The summed E-state index contributed by atoms with van der Waals surface area (Å²) in [5.74, 6) is 1.69. The first-order chi connectivity index (χ1) is 9.63. The molecule has 1 aliphatic heterocycles. The molecule has 0 aromatic heterocycles. The van der Waals surface area contributed by atoms with Crippen LogP contribution in [0.3, 0.4) is 0 Å². The monoisotopic (exact) mass is 314 g/mol. The Morgan fingerprint density at radius 3 is 2.90 bits per heavy atom. The largest absolute Gasteiger partial charge is 0.494 e. The number of carbonyl (C=O) groups is 1. The molecule has 2 rings (SSSR count). The molecular formula is C15H23ClN2O3. The standard InChI is InChI=1S/C15H22N2O3.ClH/c1-4-19-13-6-11-5-10(2)20-14(11)7-12(13)8-17-15(18)9-16-3;/h6-7,10,16H,4-5,8-9H2,1-3H3,(H,17,18);1H.